The molecule has 1 aromatic carbocycles. The van der Waals surface area contributed by atoms with Crippen molar-refractivity contribution in [2.75, 3.05) is 26.2 Å². The molecular weight excluding hydrogens is 350 g/mol. The summed E-state index contributed by atoms with van der Waals surface area (Å²) < 4.78 is 27.6. The lowest BCUT2D eigenvalue weighted by atomic mass is 10.1. The van der Waals surface area contributed by atoms with Gasteiger partial charge in [0.25, 0.3) is 0 Å². The fourth-order valence-corrected chi connectivity index (χ4v) is 4.81. The van der Waals surface area contributed by atoms with Crippen molar-refractivity contribution in [3.63, 3.8) is 0 Å². The molecule has 7 heteroatoms. The summed E-state index contributed by atoms with van der Waals surface area (Å²) in [5.41, 5.74) is 0.663. The van der Waals surface area contributed by atoms with E-state index in [1.54, 1.807) is 41.4 Å². The first-order chi connectivity index (χ1) is 12.4. The number of fused-ring (bicyclic) bond motifs is 1. The maximum atomic E-state index is 13.1. The summed E-state index contributed by atoms with van der Waals surface area (Å²) in [6.45, 7) is 5.73. The fourth-order valence-electron chi connectivity index (χ4n) is 3.19. The van der Waals surface area contributed by atoms with Crippen molar-refractivity contribution < 1.29 is 13.2 Å². The average Bonchev–Trinajstić information content (AvgIpc) is 2.65. The number of hydrogen-bond donors (Lipinski definition) is 0. The number of carbonyl (C=O) groups is 1. The van der Waals surface area contributed by atoms with Gasteiger partial charge in [-0.15, -0.1) is 0 Å². The van der Waals surface area contributed by atoms with E-state index in [0.717, 1.165) is 6.42 Å². The number of carbonyl (C=O) groups excluding carboxylic acids is 1. The number of aromatic nitrogens is 1. The average molecular weight is 375 g/mol. The van der Waals surface area contributed by atoms with E-state index in [1.165, 1.54) is 4.31 Å². The molecule has 1 amide bonds. The lowest BCUT2D eigenvalue weighted by Gasteiger charge is -2.34. The first kappa shape index (κ1) is 18.8. The second kappa shape index (κ2) is 7.72. The molecule has 1 aromatic heterocycles. The van der Waals surface area contributed by atoms with Crippen LogP contribution in [0.15, 0.2) is 41.4 Å². The minimum atomic E-state index is -3.61. The van der Waals surface area contributed by atoms with Gasteiger partial charge in [-0.25, -0.2) is 8.42 Å². The molecule has 1 saturated heterocycles. The SMILES string of the molecule is CC(C)CCC(=O)N1CCN(S(=O)(=O)c2cccc3ncccc23)CC1. The molecule has 1 aliphatic heterocycles. The number of sulfonamides is 1. The second-order valence-electron chi connectivity index (χ2n) is 7.04. The Bertz CT molecular complexity index is 883. The molecule has 2 heterocycles. The van der Waals surface area contributed by atoms with Gasteiger partial charge in [-0.2, -0.15) is 4.31 Å². The zero-order valence-electron chi connectivity index (χ0n) is 15.3. The molecule has 0 bridgehead atoms. The number of benzene rings is 1. The third kappa shape index (κ3) is 3.88. The van der Waals surface area contributed by atoms with Gasteiger partial charge >= 0.3 is 0 Å². The molecule has 0 saturated carbocycles. The van der Waals surface area contributed by atoms with Gasteiger partial charge in [-0.1, -0.05) is 19.9 Å². The van der Waals surface area contributed by atoms with E-state index in [0.29, 0.717) is 49.4 Å². The molecular formula is C19H25N3O3S. The zero-order valence-corrected chi connectivity index (χ0v) is 16.1. The summed E-state index contributed by atoms with van der Waals surface area (Å²) in [4.78, 5) is 18.5. The van der Waals surface area contributed by atoms with Crippen molar-refractivity contribution in [1.29, 1.82) is 0 Å². The molecule has 1 aliphatic rings. The smallest absolute Gasteiger partial charge is 0.243 e. The third-order valence-electron chi connectivity index (χ3n) is 4.75. The summed E-state index contributed by atoms with van der Waals surface area (Å²) in [7, 11) is -3.61. The van der Waals surface area contributed by atoms with Gasteiger partial charge in [-0.05, 0) is 36.6 Å². The van der Waals surface area contributed by atoms with Crippen molar-refractivity contribution in [1.82, 2.24) is 14.2 Å². The highest BCUT2D eigenvalue weighted by atomic mass is 32.2. The van der Waals surface area contributed by atoms with E-state index in [2.05, 4.69) is 18.8 Å². The largest absolute Gasteiger partial charge is 0.340 e. The first-order valence-electron chi connectivity index (χ1n) is 9.01. The summed E-state index contributed by atoms with van der Waals surface area (Å²) in [6.07, 6.45) is 3.04. The standard InChI is InChI=1S/C19H25N3O3S/c1-15(2)8-9-19(23)21-11-13-22(14-12-21)26(24,25)18-7-3-6-17-16(18)5-4-10-20-17/h3-7,10,15H,8-9,11-14H2,1-2H3. The van der Waals surface area contributed by atoms with Gasteiger partial charge in [0.05, 0.1) is 10.4 Å². The minimum Gasteiger partial charge on any atom is -0.340 e. The van der Waals surface area contributed by atoms with Crippen LogP contribution in [-0.4, -0.2) is 54.7 Å². The number of amides is 1. The number of pyridine rings is 1. The van der Waals surface area contributed by atoms with E-state index in [1.807, 2.05) is 0 Å². The van der Waals surface area contributed by atoms with Gasteiger partial charge in [-0.3, -0.25) is 9.78 Å². The fraction of sp³-hybridized carbons (Fsp3) is 0.474. The Morgan fingerprint density at radius 2 is 1.85 bits per heavy atom. The summed E-state index contributed by atoms with van der Waals surface area (Å²) in [6, 6.07) is 8.67. The van der Waals surface area contributed by atoms with Crippen molar-refractivity contribution in [2.24, 2.45) is 5.92 Å². The predicted octanol–water partition coefficient (Wildman–Crippen LogP) is 2.50. The van der Waals surface area contributed by atoms with Crippen molar-refractivity contribution in [3.8, 4) is 0 Å². The highest BCUT2D eigenvalue weighted by Gasteiger charge is 2.31. The molecule has 3 rings (SSSR count). The number of piperazine rings is 1. The molecule has 2 aromatic rings. The van der Waals surface area contributed by atoms with Gasteiger partial charge in [0.1, 0.15) is 0 Å². The molecule has 0 aliphatic carbocycles. The molecule has 1 fully saturated rings. The van der Waals surface area contributed by atoms with E-state index in [-0.39, 0.29) is 10.8 Å². The molecule has 0 spiro atoms. The zero-order chi connectivity index (χ0) is 18.7. The Labute approximate surface area is 154 Å². The lowest BCUT2D eigenvalue weighted by Crippen LogP contribution is -2.50. The van der Waals surface area contributed by atoms with Crippen LogP contribution in [-0.2, 0) is 14.8 Å². The van der Waals surface area contributed by atoms with E-state index >= 15 is 0 Å². The van der Waals surface area contributed by atoms with Gasteiger partial charge in [0.2, 0.25) is 15.9 Å². The van der Waals surface area contributed by atoms with Crippen LogP contribution in [0.5, 0.6) is 0 Å². The molecule has 140 valence electrons. The lowest BCUT2D eigenvalue weighted by molar-refractivity contribution is -0.132. The van der Waals surface area contributed by atoms with Crippen LogP contribution in [0.1, 0.15) is 26.7 Å². The highest BCUT2D eigenvalue weighted by molar-refractivity contribution is 7.89. The van der Waals surface area contributed by atoms with Gasteiger partial charge < -0.3 is 4.90 Å². The maximum Gasteiger partial charge on any atom is 0.243 e. The Morgan fingerprint density at radius 3 is 2.54 bits per heavy atom. The number of hydrogen-bond acceptors (Lipinski definition) is 4. The van der Waals surface area contributed by atoms with Crippen LogP contribution >= 0.6 is 0 Å². The third-order valence-corrected chi connectivity index (χ3v) is 6.71. The van der Waals surface area contributed by atoms with Crippen LogP contribution in [0, 0.1) is 5.92 Å². The molecule has 6 nitrogen and oxygen atoms in total. The van der Waals surface area contributed by atoms with E-state index in [9.17, 15) is 13.2 Å². The summed E-state index contributed by atoms with van der Waals surface area (Å²) >= 11 is 0. The Kier molecular flexibility index (Phi) is 5.58. The van der Waals surface area contributed by atoms with Crippen LogP contribution < -0.4 is 0 Å². The van der Waals surface area contributed by atoms with Crippen molar-refractivity contribution >= 4 is 26.8 Å². The molecule has 0 N–H and O–H groups in total. The minimum absolute atomic E-state index is 0.116. The van der Waals surface area contributed by atoms with Gasteiger partial charge in [0.15, 0.2) is 0 Å². The normalized spacial score (nSPS) is 16.3. The summed E-state index contributed by atoms with van der Waals surface area (Å²) in [5.74, 6) is 0.602. The van der Waals surface area contributed by atoms with Gasteiger partial charge in [0, 0.05) is 44.2 Å². The molecule has 26 heavy (non-hydrogen) atoms. The van der Waals surface area contributed by atoms with E-state index < -0.39 is 10.0 Å². The van der Waals surface area contributed by atoms with Crippen LogP contribution in [0.3, 0.4) is 0 Å². The van der Waals surface area contributed by atoms with E-state index in [4.69, 9.17) is 0 Å². The molecule has 0 radical (unpaired) electrons. The van der Waals surface area contributed by atoms with Crippen LogP contribution in [0.2, 0.25) is 0 Å². The maximum absolute atomic E-state index is 13.1. The monoisotopic (exact) mass is 375 g/mol. The van der Waals surface area contributed by atoms with Crippen molar-refractivity contribution in [2.45, 2.75) is 31.6 Å². The summed E-state index contributed by atoms with van der Waals surface area (Å²) in [5, 5.41) is 0.630. The van der Waals surface area contributed by atoms with Crippen LogP contribution in [0.25, 0.3) is 10.9 Å². The quantitative estimate of drug-likeness (QED) is 0.805. The number of rotatable bonds is 5. The molecule has 0 atom stereocenters. The number of nitrogens with zero attached hydrogens (tertiary/aromatic N) is 3. The Morgan fingerprint density at radius 1 is 1.12 bits per heavy atom. The topological polar surface area (TPSA) is 70.6 Å². The second-order valence-corrected chi connectivity index (χ2v) is 8.95. The molecule has 0 unspecified atom stereocenters. The Balaban J connectivity index is 1.73. The highest BCUT2D eigenvalue weighted by Crippen LogP contribution is 2.25. The Hall–Kier alpha value is -1.99. The van der Waals surface area contributed by atoms with Crippen LogP contribution in [0.4, 0.5) is 0 Å². The van der Waals surface area contributed by atoms with Crippen molar-refractivity contribution in [3.05, 3.63) is 36.5 Å². The predicted molar refractivity (Wildman–Crippen MR) is 101 cm³/mol. The first-order valence-corrected chi connectivity index (χ1v) is 10.5.